The molecule has 1 atom stereocenters. The maximum Gasteiger partial charge on any atom is 0.156 e. The standard InChI is InChI=1S/C28H21ClN2/c29-25-16-8-14-23(18-25)27-19-26(21-11-5-2-6-12-21)30-28(31-27)24-15-7-13-22(17-24)20-9-3-1-4-10-20/h1-16,18-19,22H,17H2. The monoisotopic (exact) mass is 420 g/mol. The van der Waals surface area contributed by atoms with Crippen LogP contribution in [-0.4, -0.2) is 9.97 Å². The molecule has 0 aliphatic heterocycles. The van der Waals surface area contributed by atoms with E-state index < -0.39 is 0 Å². The Morgan fingerprint density at radius 2 is 1.39 bits per heavy atom. The van der Waals surface area contributed by atoms with E-state index in [2.05, 4.69) is 60.7 Å². The zero-order chi connectivity index (χ0) is 21.0. The normalized spacial score (nSPS) is 15.5. The molecule has 0 amide bonds. The summed E-state index contributed by atoms with van der Waals surface area (Å²) >= 11 is 6.26. The van der Waals surface area contributed by atoms with Crippen LogP contribution in [0.15, 0.2) is 109 Å². The van der Waals surface area contributed by atoms with Crippen molar-refractivity contribution in [2.45, 2.75) is 12.3 Å². The van der Waals surface area contributed by atoms with Gasteiger partial charge in [-0.05, 0) is 35.8 Å². The van der Waals surface area contributed by atoms with E-state index in [9.17, 15) is 0 Å². The van der Waals surface area contributed by atoms with Crippen molar-refractivity contribution < 1.29 is 0 Å². The molecule has 0 saturated heterocycles. The molecule has 31 heavy (non-hydrogen) atoms. The van der Waals surface area contributed by atoms with Crippen LogP contribution in [0.25, 0.3) is 28.1 Å². The molecule has 2 nitrogen and oxygen atoms in total. The van der Waals surface area contributed by atoms with Gasteiger partial charge in [0.25, 0.3) is 0 Å². The van der Waals surface area contributed by atoms with E-state index in [4.69, 9.17) is 21.6 Å². The molecular formula is C28H21ClN2. The van der Waals surface area contributed by atoms with Crippen LogP contribution < -0.4 is 0 Å². The first-order chi connectivity index (χ1) is 15.3. The number of halogens is 1. The van der Waals surface area contributed by atoms with Gasteiger partial charge < -0.3 is 0 Å². The summed E-state index contributed by atoms with van der Waals surface area (Å²) in [5.74, 6) is 1.08. The van der Waals surface area contributed by atoms with Gasteiger partial charge in [-0.15, -0.1) is 0 Å². The molecule has 0 saturated carbocycles. The maximum absolute atomic E-state index is 6.26. The predicted octanol–water partition coefficient (Wildman–Crippen LogP) is 7.59. The summed E-state index contributed by atoms with van der Waals surface area (Å²) in [5, 5.41) is 0.697. The van der Waals surface area contributed by atoms with E-state index in [1.165, 1.54) is 5.56 Å². The second-order valence-corrected chi connectivity index (χ2v) is 8.07. The quantitative estimate of drug-likeness (QED) is 0.340. The Bertz CT molecular complexity index is 1260. The summed E-state index contributed by atoms with van der Waals surface area (Å²) in [5.41, 5.74) is 6.28. The molecular weight excluding hydrogens is 400 g/mol. The third kappa shape index (κ3) is 4.35. The average Bonchev–Trinajstić information content (AvgIpc) is 2.85. The third-order valence-corrected chi connectivity index (χ3v) is 5.75. The smallest absolute Gasteiger partial charge is 0.156 e. The van der Waals surface area contributed by atoms with Crippen molar-refractivity contribution in [2.24, 2.45) is 0 Å². The molecule has 0 bridgehead atoms. The van der Waals surface area contributed by atoms with Crippen molar-refractivity contribution in [3.05, 3.63) is 126 Å². The van der Waals surface area contributed by atoms with Gasteiger partial charge in [-0.2, -0.15) is 0 Å². The number of hydrogen-bond donors (Lipinski definition) is 0. The molecule has 0 N–H and O–H groups in total. The highest BCUT2D eigenvalue weighted by atomic mass is 35.5. The highest BCUT2D eigenvalue weighted by Gasteiger charge is 2.18. The van der Waals surface area contributed by atoms with Crippen LogP contribution in [0, 0.1) is 0 Å². The third-order valence-electron chi connectivity index (χ3n) is 5.51. The van der Waals surface area contributed by atoms with Gasteiger partial charge in [-0.1, -0.05) is 103 Å². The molecule has 0 radical (unpaired) electrons. The number of rotatable bonds is 4. The predicted molar refractivity (Wildman–Crippen MR) is 129 cm³/mol. The highest BCUT2D eigenvalue weighted by molar-refractivity contribution is 6.30. The van der Waals surface area contributed by atoms with Crippen molar-refractivity contribution in [1.29, 1.82) is 0 Å². The fourth-order valence-corrected chi connectivity index (χ4v) is 4.11. The molecule has 150 valence electrons. The second kappa shape index (κ2) is 8.71. The van der Waals surface area contributed by atoms with Crippen LogP contribution in [0.4, 0.5) is 0 Å². The number of benzene rings is 3. The fraction of sp³-hybridized carbons (Fsp3) is 0.0714. The molecule has 4 aromatic rings. The minimum Gasteiger partial charge on any atom is -0.228 e. The molecule has 3 aromatic carbocycles. The van der Waals surface area contributed by atoms with Gasteiger partial charge in [-0.25, -0.2) is 9.97 Å². The Kier molecular flexibility index (Phi) is 5.47. The van der Waals surface area contributed by atoms with Crippen molar-refractivity contribution in [3.63, 3.8) is 0 Å². The Hall–Kier alpha value is -3.49. The van der Waals surface area contributed by atoms with Gasteiger partial charge in [-0.3, -0.25) is 0 Å². The molecule has 0 spiro atoms. The van der Waals surface area contributed by atoms with Crippen molar-refractivity contribution in [1.82, 2.24) is 9.97 Å². The summed E-state index contributed by atoms with van der Waals surface area (Å²) in [6.45, 7) is 0. The topological polar surface area (TPSA) is 25.8 Å². The number of hydrogen-bond acceptors (Lipinski definition) is 2. The van der Waals surface area contributed by atoms with Crippen LogP contribution >= 0.6 is 11.6 Å². The van der Waals surface area contributed by atoms with E-state index in [0.29, 0.717) is 10.9 Å². The number of allylic oxidation sites excluding steroid dienone is 4. The van der Waals surface area contributed by atoms with Gasteiger partial charge in [0, 0.05) is 22.1 Å². The van der Waals surface area contributed by atoms with E-state index in [1.54, 1.807) is 0 Å². The second-order valence-electron chi connectivity index (χ2n) is 7.64. The largest absolute Gasteiger partial charge is 0.228 e. The summed E-state index contributed by atoms with van der Waals surface area (Å²) in [7, 11) is 0. The van der Waals surface area contributed by atoms with Gasteiger partial charge in [0.05, 0.1) is 11.4 Å². The van der Waals surface area contributed by atoms with Gasteiger partial charge in [0.1, 0.15) is 0 Å². The van der Waals surface area contributed by atoms with E-state index in [-0.39, 0.29) is 0 Å². The fourth-order valence-electron chi connectivity index (χ4n) is 3.92. The van der Waals surface area contributed by atoms with Crippen molar-refractivity contribution in [2.75, 3.05) is 0 Å². The van der Waals surface area contributed by atoms with Crippen molar-refractivity contribution >= 4 is 17.2 Å². The van der Waals surface area contributed by atoms with Crippen LogP contribution in [0.2, 0.25) is 5.02 Å². The van der Waals surface area contributed by atoms with E-state index in [0.717, 1.165) is 40.3 Å². The van der Waals surface area contributed by atoms with Crippen LogP contribution in [0.1, 0.15) is 23.7 Å². The minimum atomic E-state index is 0.319. The molecule has 1 aromatic heterocycles. The molecule has 1 aliphatic carbocycles. The average molecular weight is 421 g/mol. The number of nitrogens with zero attached hydrogens (tertiary/aromatic N) is 2. The summed E-state index contributed by atoms with van der Waals surface area (Å²) in [6, 6.07) is 30.7. The first-order valence-corrected chi connectivity index (χ1v) is 10.8. The van der Waals surface area contributed by atoms with Crippen LogP contribution in [0.3, 0.4) is 0 Å². The van der Waals surface area contributed by atoms with E-state index in [1.807, 2.05) is 48.5 Å². The SMILES string of the molecule is Clc1cccc(-c2cc(-c3ccccc3)nc(C3=CC=CC(c4ccccc4)C3)n2)c1. The first kappa shape index (κ1) is 19.5. The molecule has 5 rings (SSSR count). The maximum atomic E-state index is 6.26. The summed E-state index contributed by atoms with van der Waals surface area (Å²) in [6.07, 6.45) is 7.37. The van der Waals surface area contributed by atoms with Crippen LogP contribution in [0.5, 0.6) is 0 Å². The lowest BCUT2D eigenvalue weighted by molar-refractivity contribution is 0.857. The Balaban J connectivity index is 1.59. The molecule has 1 heterocycles. The summed E-state index contributed by atoms with van der Waals surface area (Å²) < 4.78 is 0. The molecule has 1 unspecified atom stereocenters. The lowest BCUT2D eigenvalue weighted by Gasteiger charge is -2.19. The minimum absolute atomic E-state index is 0.319. The Labute approximate surface area is 187 Å². The van der Waals surface area contributed by atoms with Gasteiger partial charge in [0.2, 0.25) is 0 Å². The highest BCUT2D eigenvalue weighted by Crippen LogP contribution is 2.34. The molecule has 1 aliphatic rings. The zero-order valence-corrected chi connectivity index (χ0v) is 17.7. The van der Waals surface area contributed by atoms with Crippen LogP contribution in [-0.2, 0) is 0 Å². The Morgan fingerprint density at radius 1 is 0.710 bits per heavy atom. The molecule has 3 heteroatoms. The lowest BCUT2D eigenvalue weighted by atomic mass is 9.88. The van der Waals surface area contributed by atoms with E-state index >= 15 is 0 Å². The van der Waals surface area contributed by atoms with Crippen molar-refractivity contribution in [3.8, 4) is 22.5 Å². The summed E-state index contributed by atoms with van der Waals surface area (Å²) in [4.78, 5) is 9.91. The zero-order valence-electron chi connectivity index (χ0n) is 16.9. The lowest BCUT2D eigenvalue weighted by Crippen LogP contribution is -2.05. The van der Waals surface area contributed by atoms with Gasteiger partial charge in [0.15, 0.2) is 5.82 Å². The first-order valence-electron chi connectivity index (χ1n) is 10.4. The van der Waals surface area contributed by atoms with Gasteiger partial charge >= 0.3 is 0 Å². The number of aromatic nitrogens is 2. The Morgan fingerprint density at radius 3 is 2.13 bits per heavy atom. The molecule has 0 fully saturated rings.